The van der Waals surface area contributed by atoms with Crippen molar-refractivity contribution in [2.75, 3.05) is 12.8 Å². The molecule has 0 spiro atoms. The molecule has 1 heterocycles. The topological polar surface area (TPSA) is 104 Å². The lowest BCUT2D eigenvalue weighted by molar-refractivity contribution is -0.385. The number of ether oxygens (including phenoxy) is 1. The van der Waals surface area contributed by atoms with Gasteiger partial charge in [0.05, 0.1) is 22.6 Å². The van der Waals surface area contributed by atoms with Crippen LogP contribution in [0.2, 0.25) is 5.02 Å². The minimum Gasteiger partial charge on any atom is -0.490 e. The highest BCUT2D eigenvalue weighted by molar-refractivity contribution is 6.31. The zero-order valence-corrected chi connectivity index (χ0v) is 13.0. The first-order chi connectivity index (χ1) is 11.4. The fraction of sp³-hybridized carbons (Fsp3) is 0.0667. The van der Waals surface area contributed by atoms with E-state index in [2.05, 4.69) is 9.97 Å². The Morgan fingerprint density at radius 2 is 2.04 bits per heavy atom. The van der Waals surface area contributed by atoms with Crippen LogP contribution in [0.4, 0.5) is 15.9 Å². The zero-order valence-electron chi connectivity index (χ0n) is 12.3. The molecule has 0 amide bonds. The molecule has 0 saturated heterocycles. The number of hydrogen-bond acceptors (Lipinski definition) is 6. The van der Waals surface area contributed by atoms with E-state index in [1.54, 1.807) is 0 Å². The van der Waals surface area contributed by atoms with Crippen molar-refractivity contribution in [3.05, 3.63) is 51.3 Å². The highest BCUT2D eigenvalue weighted by Crippen LogP contribution is 2.34. The molecule has 0 aliphatic carbocycles. The number of nitrogens with two attached hydrogens (primary N) is 1. The van der Waals surface area contributed by atoms with Crippen molar-refractivity contribution in [1.29, 1.82) is 0 Å². The maximum Gasteiger partial charge on any atom is 0.311 e. The number of nitro groups is 1. The van der Waals surface area contributed by atoms with Gasteiger partial charge in [0.15, 0.2) is 11.6 Å². The monoisotopic (exact) mass is 348 g/mol. The molecule has 0 fully saturated rings. The first kappa shape index (κ1) is 15.9. The maximum atomic E-state index is 13.3. The van der Waals surface area contributed by atoms with Gasteiger partial charge in [0, 0.05) is 23.1 Å². The minimum absolute atomic E-state index is 0.0497. The van der Waals surface area contributed by atoms with Crippen LogP contribution in [0, 0.1) is 15.9 Å². The standard InChI is InChI=1S/C15H10ClFN4O3/c1-24-13-6-11-8(5-12(13)21(22)23)14(18)20-15(19-11)7-2-3-10(17)9(16)4-7/h2-6H,1H3,(H2,18,19,20). The van der Waals surface area contributed by atoms with E-state index in [0.29, 0.717) is 16.5 Å². The third-order valence-corrected chi connectivity index (χ3v) is 3.69. The predicted octanol–water partition coefficient (Wildman–Crippen LogP) is 3.59. The largest absolute Gasteiger partial charge is 0.490 e. The fourth-order valence-corrected chi connectivity index (χ4v) is 2.42. The summed E-state index contributed by atoms with van der Waals surface area (Å²) in [7, 11) is 1.32. The summed E-state index contributed by atoms with van der Waals surface area (Å²) >= 11 is 5.77. The van der Waals surface area contributed by atoms with Crippen molar-refractivity contribution in [2.24, 2.45) is 0 Å². The normalized spacial score (nSPS) is 10.8. The Labute approximate surface area is 140 Å². The summed E-state index contributed by atoms with van der Waals surface area (Å²) in [5.74, 6) is -0.237. The molecular weight excluding hydrogens is 339 g/mol. The van der Waals surface area contributed by atoms with Gasteiger partial charge in [-0.25, -0.2) is 14.4 Å². The second kappa shape index (κ2) is 5.89. The van der Waals surface area contributed by atoms with Gasteiger partial charge in [0.2, 0.25) is 0 Å². The minimum atomic E-state index is -0.578. The lowest BCUT2D eigenvalue weighted by Crippen LogP contribution is -2.00. The number of hydrogen-bond donors (Lipinski definition) is 1. The third-order valence-electron chi connectivity index (χ3n) is 3.40. The van der Waals surface area contributed by atoms with Gasteiger partial charge in [-0.3, -0.25) is 10.1 Å². The Morgan fingerprint density at radius 3 is 2.67 bits per heavy atom. The number of halogens is 2. The number of anilines is 1. The summed E-state index contributed by atoms with van der Waals surface area (Å²) in [6, 6.07) is 6.69. The Bertz CT molecular complexity index is 981. The second-order valence-electron chi connectivity index (χ2n) is 4.86. The average Bonchev–Trinajstić information content (AvgIpc) is 2.55. The van der Waals surface area contributed by atoms with E-state index in [4.69, 9.17) is 22.1 Å². The molecule has 0 saturated carbocycles. The van der Waals surface area contributed by atoms with Gasteiger partial charge >= 0.3 is 5.69 Å². The molecule has 0 atom stereocenters. The highest BCUT2D eigenvalue weighted by atomic mass is 35.5. The van der Waals surface area contributed by atoms with Crippen LogP contribution in [0.25, 0.3) is 22.3 Å². The van der Waals surface area contributed by atoms with Crippen LogP contribution in [0.5, 0.6) is 5.75 Å². The Kier molecular flexibility index (Phi) is 3.90. The van der Waals surface area contributed by atoms with Gasteiger partial charge in [0.25, 0.3) is 0 Å². The van der Waals surface area contributed by atoms with E-state index < -0.39 is 10.7 Å². The molecule has 3 aromatic rings. The summed E-state index contributed by atoms with van der Waals surface area (Å²) in [6.07, 6.45) is 0. The molecule has 7 nitrogen and oxygen atoms in total. The van der Waals surface area contributed by atoms with Crippen LogP contribution in [-0.4, -0.2) is 22.0 Å². The highest BCUT2D eigenvalue weighted by Gasteiger charge is 2.19. The number of benzene rings is 2. The quantitative estimate of drug-likeness (QED) is 0.573. The molecule has 1 aromatic heterocycles. The van der Waals surface area contributed by atoms with E-state index >= 15 is 0 Å². The van der Waals surface area contributed by atoms with E-state index in [1.165, 1.54) is 37.4 Å². The van der Waals surface area contributed by atoms with Crippen LogP contribution in [-0.2, 0) is 0 Å². The SMILES string of the molecule is COc1cc2nc(-c3ccc(F)c(Cl)c3)nc(N)c2cc1[N+](=O)[O-]. The number of nitrogens with zero attached hydrogens (tertiary/aromatic N) is 3. The number of nitro benzene ring substituents is 1. The summed E-state index contributed by atoms with van der Waals surface area (Å²) < 4.78 is 18.3. The number of aromatic nitrogens is 2. The van der Waals surface area contributed by atoms with Crippen molar-refractivity contribution in [3.8, 4) is 17.1 Å². The molecule has 0 bridgehead atoms. The van der Waals surface area contributed by atoms with Crippen molar-refractivity contribution in [3.63, 3.8) is 0 Å². The van der Waals surface area contributed by atoms with Gasteiger partial charge in [0.1, 0.15) is 11.6 Å². The Hall–Kier alpha value is -3.00. The molecule has 0 unspecified atom stereocenters. The van der Waals surface area contributed by atoms with E-state index in [0.717, 1.165) is 0 Å². The summed E-state index contributed by atoms with van der Waals surface area (Å²) in [5.41, 5.74) is 6.49. The molecule has 2 aromatic carbocycles. The van der Waals surface area contributed by atoms with Crippen LogP contribution in [0.1, 0.15) is 0 Å². The van der Waals surface area contributed by atoms with Gasteiger partial charge in [-0.05, 0) is 18.2 Å². The van der Waals surface area contributed by atoms with Crippen LogP contribution >= 0.6 is 11.6 Å². The van der Waals surface area contributed by atoms with Crippen molar-refractivity contribution < 1.29 is 14.1 Å². The second-order valence-corrected chi connectivity index (χ2v) is 5.27. The first-order valence-electron chi connectivity index (χ1n) is 6.65. The summed E-state index contributed by atoms with van der Waals surface area (Å²) in [6.45, 7) is 0. The summed E-state index contributed by atoms with van der Waals surface area (Å²) in [5, 5.41) is 11.3. The number of nitrogen functional groups attached to an aromatic ring is 1. The molecule has 0 aliphatic heterocycles. The molecule has 2 N–H and O–H groups in total. The molecule has 0 aliphatic rings. The molecular formula is C15H10ClFN4O3. The lowest BCUT2D eigenvalue weighted by Gasteiger charge is -2.08. The molecule has 122 valence electrons. The Balaban J connectivity index is 2.24. The van der Waals surface area contributed by atoms with Crippen LogP contribution < -0.4 is 10.5 Å². The van der Waals surface area contributed by atoms with Gasteiger partial charge in [-0.15, -0.1) is 0 Å². The van der Waals surface area contributed by atoms with Crippen LogP contribution in [0.3, 0.4) is 0 Å². The fourth-order valence-electron chi connectivity index (χ4n) is 2.24. The zero-order chi connectivity index (χ0) is 17.4. The smallest absolute Gasteiger partial charge is 0.311 e. The number of fused-ring (bicyclic) bond motifs is 1. The first-order valence-corrected chi connectivity index (χ1v) is 7.03. The number of rotatable bonds is 3. The van der Waals surface area contributed by atoms with Crippen molar-refractivity contribution in [1.82, 2.24) is 9.97 Å². The Morgan fingerprint density at radius 1 is 1.29 bits per heavy atom. The molecule has 0 radical (unpaired) electrons. The molecule has 9 heteroatoms. The van der Waals surface area contributed by atoms with E-state index in [-0.39, 0.29) is 28.1 Å². The van der Waals surface area contributed by atoms with Gasteiger partial charge in [-0.1, -0.05) is 11.6 Å². The maximum absolute atomic E-state index is 13.3. The molecule has 3 rings (SSSR count). The van der Waals surface area contributed by atoms with Crippen LogP contribution in [0.15, 0.2) is 30.3 Å². The third kappa shape index (κ3) is 2.67. The van der Waals surface area contributed by atoms with E-state index in [1.807, 2.05) is 0 Å². The average molecular weight is 349 g/mol. The van der Waals surface area contributed by atoms with Crippen molar-refractivity contribution >= 4 is 34.0 Å². The molecule has 24 heavy (non-hydrogen) atoms. The predicted molar refractivity (Wildman–Crippen MR) is 87.6 cm³/mol. The lowest BCUT2D eigenvalue weighted by atomic mass is 10.1. The van der Waals surface area contributed by atoms with Crippen molar-refractivity contribution in [2.45, 2.75) is 0 Å². The number of methoxy groups -OCH3 is 1. The summed E-state index contributed by atoms with van der Waals surface area (Å²) in [4.78, 5) is 18.9. The van der Waals surface area contributed by atoms with Gasteiger partial charge < -0.3 is 10.5 Å². The van der Waals surface area contributed by atoms with E-state index in [9.17, 15) is 14.5 Å². The van der Waals surface area contributed by atoms with Gasteiger partial charge in [-0.2, -0.15) is 0 Å².